The van der Waals surface area contributed by atoms with Gasteiger partial charge in [0.05, 0.1) is 5.69 Å². The molecule has 0 aliphatic rings. The Balaban J connectivity index is 2.54. The zero-order valence-corrected chi connectivity index (χ0v) is 10.1. The summed E-state index contributed by atoms with van der Waals surface area (Å²) in [6.07, 6.45) is 4.88. The molecule has 0 aliphatic heterocycles. The Labute approximate surface area is 99.9 Å². The molecular weight excluding hydrogens is 216 g/mol. The highest BCUT2D eigenvalue weighted by atomic mass is 15.4. The van der Waals surface area contributed by atoms with Crippen LogP contribution in [0.2, 0.25) is 0 Å². The molecule has 2 heterocycles. The first kappa shape index (κ1) is 11.7. The lowest BCUT2D eigenvalue weighted by atomic mass is 10.4. The summed E-state index contributed by atoms with van der Waals surface area (Å²) in [6.45, 7) is 4.41. The minimum atomic E-state index is 0.341. The standard InChI is InChI=1S/C11H16N6/c1-3-9-15-10(4-2)17(16-9)11-8(7-12)13-5-6-14-11/h5-6H,3-4,7,12H2,1-2H3. The Morgan fingerprint density at radius 1 is 1.18 bits per heavy atom. The smallest absolute Gasteiger partial charge is 0.178 e. The number of hydrogen-bond donors (Lipinski definition) is 1. The van der Waals surface area contributed by atoms with Crippen LogP contribution < -0.4 is 5.73 Å². The van der Waals surface area contributed by atoms with Gasteiger partial charge in [-0.05, 0) is 0 Å². The van der Waals surface area contributed by atoms with Gasteiger partial charge in [-0.1, -0.05) is 13.8 Å². The minimum Gasteiger partial charge on any atom is -0.325 e. The van der Waals surface area contributed by atoms with E-state index in [2.05, 4.69) is 20.1 Å². The Morgan fingerprint density at radius 2 is 1.94 bits per heavy atom. The molecule has 0 radical (unpaired) electrons. The molecule has 2 N–H and O–H groups in total. The maximum absolute atomic E-state index is 5.65. The van der Waals surface area contributed by atoms with Crippen LogP contribution in [0, 0.1) is 0 Å². The van der Waals surface area contributed by atoms with Crippen LogP contribution in [0.3, 0.4) is 0 Å². The average Bonchev–Trinajstić information content (AvgIpc) is 2.81. The Hall–Kier alpha value is -1.82. The lowest BCUT2D eigenvalue weighted by molar-refractivity contribution is 0.744. The third-order valence-corrected chi connectivity index (χ3v) is 2.50. The molecule has 0 saturated heterocycles. The number of hydrogen-bond acceptors (Lipinski definition) is 5. The molecule has 0 unspecified atom stereocenters. The van der Waals surface area contributed by atoms with Gasteiger partial charge in [-0.15, -0.1) is 5.10 Å². The maximum atomic E-state index is 5.65. The quantitative estimate of drug-likeness (QED) is 0.836. The van der Waals surface area contributed by atoms with Crippen LogP contribution in [-0.4, -0.2) is 24.7 Å². The van der Waals surface area contributed by atoms with E-state index in [1.165, 1.54) is 0 Å². The highest BCUT2D eigenvalue weighted by Gasteiger charge is 2.13. The van der Waals surface area contributed by atoms with Crippen LogP contribution >= 0.6 is 0 Å². The summed E-state index contributed by atoms with van der Waals surface area (Å²) in [7, 11) is 0. The zero-order chi connectivity index (χ0) is 12.3. The molecule has 0 amide bonds. The van der Waals surface area contributed by atoms with E-state index in [1.807, 2.05) is 13.8 Å². The van der Waals surface area contributed by atoms with Crippen molar-refractivity contribution in [1.82, 2.24) is 24.7 Å². The lowest BCUT2D eigenvalue weighted by Gasteiger charge is -2.06. The van der Waals surface area contributed by atoms with E-state index < -0.39 is 0 Å². The average molecular weight is 232 g/mol. The number of aromatic nitrogens is 5. The van der Waals surface area contributed by atoms with Gasteiger partial charge in [0.1, 0.15) is 5.82 Å². The summed E-state index contributed by atoms with van der Waals surface area (Å²) in [6, 6.07) is 0. The molecule has 0 fully saturated rings. The fourth-order valence-electron chi connectivity index (χ4n) is 1.62. The van der Waals surface area contributed by atoms with Gasteiger partial charge in [-0.3, -0.25) is 4.98 Å². The summed E-state index contributed by atoms with van der Waals surface area (Å²) < 4.78 is 1.74. The van der Waals surface area contributed by atoms with Crippen molar-refractivity contribution in [3.63, 3.8) is 0 Å². The molecule has 0 atom stereocenters. The zero-order valence-electron chi connectivity index (χ0n) is 10.1. The largest absolute Gasteiger partial charge is 0.325 e. The molecule has 0 aromatic carbocycles. The third-order valence-electron chi connectivity index (χ3n) is 2.50. The molecule has 0 aliphatic carbocycles. The second-order valence-electron chi connectivity index (χ2n) is 3.59. The van der Waals surface area contributed by atoms with Crippen molar-refractivity contribution in [2.45, 2.75) is 33.2 Å². The molecule has 6 heteroatoms. The summed E-state index contributed by atoms with van der Waals surface area (Å²) in [5.74, 6) is 2.38. The number of rotatable bonds is 4. The molecule has 17 heavy (non-hydrogen) atoms. The van der Waals surface area contributed by atoms with E-state index in [4.69, 9.17) is 5.73 Å². The van der Waals surface area contributed by atoms with Crippen molar-refractivity contribution in [2.75, 3.05) is 0 Å². The number of aryl methyl sites for hydroxylation is 2. The van der Waals surface area contributed by atoms with Gasteiger partial charge in [-0.2, -0.15) is 4.68 Å². The van der Waals surface area contributed by atoms with Crippen LogP contribution in [-0.2, 0) is 19.4 Å². The molecule has 6 nitrogen and oxygen atoms in total. The van der Waals surface area contributed by atoms with E-state index in [0.717, 1.165) is 30.2 Å². The maximum Gasteiger partial charge on any atom is 0.178 e. The highest BCUT2D eigenvalue weighted by molar-refractivity contribution is 5.28. The second kappa shape index (κ2) is 5.01. The molecule has 90 valence electrons. The minimum absolute atomic E-state index is 0.341. The van der Waals surface area contributed by atoms with Gasteiger partial charge >= 0.3 is 0 Å². The summed E-state index contributed by atoms with van der Waals surface area (Å²) in [4.78, 5) is 12.9. The summed E-state index contributed by atoms with van der Waals surface area (Å²) >= 11 is 0. The molecule has 0 spiro atoms. The first-order valence-electron chi connectivity index (χ1n) is 5.75. The molecule has 0 bridgehead atoms. The predicted octanol–water partition coefficient (Wildman–Crippen LogP) is 0.641. The molecule has 2 rings (SSSR count). The van der Waals surface area contributed by atoms with Crippen LogP contribution in [0.4, 0.5) is 0 Å². The molecule has 2 aromatic heterocycles. The lowest BCUT2D eigenvalue weighted by Crippen LogP contribution is -2.12. The summed E-state index contributed by atoms with van der Waals surface area (Å²) in [5.41, 5.74) is 6.39. The van der Waals surface area contributed by atoms with E-state index in [1.54, 1.807) is 17.1 Å². The van der Waals surface area contributed by atoms with E-state index >= 15 is 0 Å². The van der Waals surface area contributed by atoms with Gasteiger partial charge in [0, 0.05) is 31.8 Å². The molecule has 2 aromatic rings. The summed E-state index contributed by atoms with van der Waals surface area (Å²) in [5, 5.41) is 4.43. The monoisotopic (exact) mass is 232 g/mol. The van der Waals surface area contributed by atoms with E-state index in [9.17, 15) is 0 Å². The van der Waals surface area contributed by atoms with Gasteiger partial charge in [0.2, 0.25) is 0 Å². The first-order valence-corrected chi connectivity index (χ1v) is 5.75. The Kier molecular flexibility index (Phi) is 3.43. The molecular formula is C11H16N6. The second-order valence-corrected chi connectivity index (χ2v) is 3.59. The molecule has 0 saturated carbocycles. The van der Waals surface area contributed by atoms with Crippen LogP contribution in [0.25, 0.3) is 5.82 Å². The van der Waals surface area contributed by atoms with Crippen molar-refractivity contribution in [3.8, 4) is 5.82 Å². The first-order chi connectivity index (χ1) is 8.30. The highest BCUT2D eigenvalue weighted by Crippen LogP contribution is 2.11. The normalized spacial score (nSPS) is 10.8. The predicted molar refractivity (Wildman–Crippen MR) is 63.6 cm³/mol. The SMILES string of the molecule is CCc1nc(CC)n(-c2nccnc2CN)n1. The van der Waals surface area contributed by atoms with Gasteiger partial charge < -0.3 is 5.73 Å². The van der Waals surface area contributed by atoms with Crippen LogP contribution in [0.15, 0.2) is 12.4 Å². The van der Waals surface area contributed by atoms with E-state index in [0.29, 0.717) is 12.4 Å². The number of nitrogens with zero attached hydrogens (tertiary/aromatic N) is 5. The van der Waals surface area contributed by atoms with Gasteiger partial charge in [-0.25, -0.2) is 9.97 Å². The van der Waals surface area contributed by atoms with E-state index in [-0.39, 0.29) is 0 Å². The third kappa shape index (κ3) is 2.16. The fourth-order valence-corrected chi connectivity index (χ4v) is 1.62. The number of nitrogens with two attached hydrogens (primary N) is 1. The van der Waals surface area contributed by atoms with Crippen molar-refractivity contribution < 1.29 is 0 Å². The Morgan fingerprint density at radius 3 is 2.59 bits per heavy atom. The fraction of sp³-hybridized carbons (Fsp3) is 0.455. The topological polar surface area (TPSA) is 82.5 Å². The van der Waals surface area contributed by atoms with Crippen LogP contribution in [0.1, 0.15) is 31.2 Å². The van der Waals surface area contributed by atoms with Gasteiger partial charge in [0.25, 0.3) is 0 Å². The van der Waals surface area contributed by atoms with Crippen LogP contribution in [0.5, 0.6) is 0 Å². The van der Waals surface area contributed by atoms with Crippen molar-refractivity contribution in [3.05, 3.63) is 29.7 Å². The van der Waals surface area contributed by atoms with Crippen molar-refractivity contribution in [2.24, 2.45) is 5.73 Å². The van der Waals surface area contributed by atoms with Crippen molar-refractivity contribution >= 4 is 0 Å². The van der Waals surface area contributed by atoms with Gasteiger partial charge in [0.15, 0.2) is 11.6 Å². The Bertz CT molecular complexity index is 504. The van der Waals surface area contributed by atoms with Crippen molar-refractivity contribution in [1.29, 1.82) is 0 Å².